The fraction of sp³-hybridized carbons (Fsp3) is 0.360. The molecule has 0 atom stereocenters. The molecule has 2 aliphatic rings. The van der Waals surface area contributed by atoms with Crippen molar-refractivity contribution >= 4 is 29.2 Å². The van der Waals surface area contributed by atoms with E-state index in [0.717, 1.165) is 38.0 Å². The molecule has 4 N–H and O–H groups in total. The van der Waals surface area contributed by atoms with Crippen LogP contribution in [-0.2, 0) is 18.6 Å². The van der Waals surface area contributed by atoms with Crippen molar-refractivity contribution < 1.29 is 9.18 Å². The summed E-state index contributed by atoms with van der Waals surface area (Å²) in [6, 6.07) is 11.5. The topological polar surface area (TPSA) is 104 Å². The molecule has 9 heteroatoms. The monoisotopic (exact) mass is 461 g/mol. The molecule has 1 aliphatic heterocycles. The molecule has 0 bridgehead atoms. The molecule has 34 heavy (non-hydrogen) atoms. The summed E-state index contributed by atoms with van der Waals surface area (Å²) in [5.41, 5.74) is 2.44. The SMILES string of the molecule is CC(C)(F)c1cccc(Nc2nc(Nc3ccc4c(c3)CNCC4)ncc2C(=O)NC2CC2)n1. The zero-order chi connectivity index (χ0) is 23.7. The van der Waals surface area contributed by atoms with Crippen LogP contribution in [0, 0.1) is 0 Å². The van der Waals surface area contributed by atoms with E-state index in [1.165, 1.54) is 31.2 Å². The summed E-state index contributed by atoms with van der Waals surface area (Å²) in [5.74, 6) is 0.791. The van der Waals surface area contributed by atoms with E-state index in [1.807, 2.05) is 6.07 Å². The molecule has 0 saturated heterocycles. The minimum atomic E-state index is -1.59. The summed E-state index contributed by atoms with van der Waals surface area (Å²) < 4.78 is 14.4. The van der Waals surface area contributed by atoms with Crippen molar-refractivity contribution in [2.45, 2.75) is 51.4 Å². The third-order valence-electron chi connectivity index (χ3n) is 5.90. The Morgan fingerprint density at radius 1 is 1.12 bits per heavy atom. The third-order valence-corrected chi connectivity index (χ3v) is 5.90. The highest BCUT2D eigenvalue weighted by molar-refractivity contribution is 5.99. The molecule has 5 rings (SSSR count). The van der Waals surface area contributed by atoms with Gasteiger partial charge in [-0.3, -0.25) is 4.79 Å². The number of halogens is 1. The summed E-state index contributed by atoms with van der Waals surface area (Å²) >= 11 is 0. The van der Waals surface area contributed by atoms with Crippen molar-refractivity contribution in [3.05, 3.63) is 65.0 Å². The van der Waals surface area contributed by atoms with E-state index < -0.39 is 5.67 Å². The van der Waals surface area contributed by atoms with Gasteiger partial charge in [-0.05, 0) is 75.0 Å². The fourth-order valence-electron chi connectivity index (χ4n) is 3.84. The number of hydrogen-bond acceptors (Lipinski definition) is 7. The van der Waals surface area contributed by atoms with Crippen LogP contribution in [0.5, 0.6) is 0 Å². The molecular formula is C25H28FN7O. The Labute approximate surface area is 197 Å². The van der Waals surface area contributed by atoms with Gasteiger partial charge in [0.05, 0.1) is 5.69 Å². The Hall–Kier alpha value is -3.59. The van der Waals surface area contributed by atoms with E-state index in [4.69, 9.17) is 0 Å². The molecule has 3 heterocycles. The molecule has 3 aromatic rings. The average Bonchev–Trinajstić information content (AvgIpc) is 3.63. The number of anilines is 4. The van der Waals surface area contributed by atoms with Crippen molar-refractivity contribution in [1.82, 2.24) is 25.6 Å². The maximum Gasteiger partial charge on any atom is 0.256 e. The first-order valence-electron chi connectivity index (χ1n) is 11.6. The van der Waals surface area contributed by atoms with E-state index >= 15 is 0 Å². The predicted molar refractivity (Wildman–Crippen MR) is 129 cm³/mol. The number of alkyl halides is 1. The molecule has 2 aromatic heterocycles. The molecule has 8 nitrogen and oxygen atoms in total. The van der Waals surface area contributed by atoms with Gasteiger partial charge in [0.25, 0.3) is 5.91 Å². The van der Waals surface area contributed by atoms with E-state index in [9.17, 15) is 9.18 Å². The lowest BCUT2D eigenvalue weighted by Crippen LogP contribution is -2.27. The van der Waals surface area contributed by atoms with Crippen molar-refractivity contribution in [3.63, 3.8) is 0 Å². The summed E-state index contributed by atoms with van der Waals surface area (Å²) in [6.07, 6.45) is 4.44. The molecule has 1 fully saturated rings. The zero-order valence-corrected chi connectivity index (χ0v) is 19.3. The lowest BCUT2D eigenvalue weighted by Gasteiger charge is -2.18. The summed E-state index contributed by atoms with van der Waals surface area (Å²) in [7, 11) is 0. The maximum absolute atomic E-state index is 14.4. The molecule has 0 spiro atoms. The van der Waals surface area contributed by atoms with Gasteiger partial charge in [-0.2, -0.15) is 4.98 Å². The molecule has 1 aromatic carbocycles. The number of hydrogen-bond donors (Lipinski definition) is 4. The zero-order valence-electron chi connectivity index (χ0n) is 19.3. The molecule has 1 amide bonds. The third kappa shape index (κ3) is 5.14. The van der Waals surface area contributed by atoms with Crippen LogP contribution < -0.4 is 21.3 Å². The highest BCUT2D eigenvalue weighted by Crippen LogP contribution is 2.27. The van der Waals surface area contributed by atoms with Crippen molar-refractivity contribution in [2.75, 3.05) is 17.2 Å². The molecular weight excluding hydrogens is 433 g/mol. The second-order valence-corrected chi connectivity index (χ2v) is 9.24. The van der Waals surface area contributed by atoms with E-state index in [-0.39, 0.29) is 17.6 Å². The molecule has 1 aliphatic carbocycles. The van der Waals surface area contributed by atoms with E-state index in [2.05, 4.69) is 48.4 Å². The maximum atomic E-state index is 14.4. The Morgan fingerprint density at radius 2 is 1.97 bits per heavy atom. The fourth-order valence-corrected chi connectivity index (χ4v) is 3.84. The van der Waals surface area contributed by atoms with Crippen LogP contribution in [0.2, 0.25) is 0 Å². The minimum Gasteiger partial charge on any atom is -0.349 e. The Bertz CT molecular complexity index is 1220. The van der Waals surface area contributed by atoms with E-state index in [1.54, 1.807) is 18.2 Å². The standard InChI is InChI=1S/C25H28FN7O/c1-25(2,26)20-4-3-5-21(31-20)32-22-19(23(34)29-17-8-9-17)14-28-24(33-22)30-18-7-6-15-10-11-27-13-16(15)12-18/h3-7,12,14,17,27H,8-11,13H2,1-2H3,(H,29,34)(H2,28,30,31,32,33). The predicted octanol–water partition coefficient (Wildman–Crippen LogP) is 4.10. The highest BCUT2D eigenvalue weighted by Gasteiger charge is 2.26. The van der Waals surface area contributed by atoms with Crippen LogP contribution in [0.4, 0.5) is 27.7 Å². The van der Waals surface area contributed by atoms with Gasteiger partial charge in [-0.15, -0.1) is 0 Å². The van der Waals surface area contributed by atoms with Crippen LogP contribution in [0.3, 0.4) is 0 Å². The van der Waals surface area contributed by atoms with Crippen molar-refractivity contribution in [1.29, 1.82) is 0 Å². The average molecular weight is 462 g/mol. The van der Waals surface area contributed by atoms with Crippen molar-refractivity contribution in [2.24, 2.45) is 0 Å². The van der Waals surface area contributed by atoms with Gasteiger partial charge in [-0.1, -0.05) is 12.1 Å². The quantitative estimate of drug-likeness (QED) is 0.420. The van der Waals surface area contributed by atoms with E-state index in [0.29, 0.717) is 23.1 Å². The molecule has 0 unspecified atom stereocenters. The van der Waals surface area contributed by atoms with Gasteiger partial charge < -0.3 is 21.3 Å². The van der Waals surface area contributed by atoms with Crippen molar-refractivity contribution in [3.8, 4) is 0 Å². The van der Waals surface area contributed by atoms with Gasteiger partial charge in [0.15, 0.2) is 0 Å². The number of nitrogens with one attached hydrogen (secondary N) is 4. The number of benzene rings is 1. The lowest BCUT2D eigenvalue weighted by molar-refractivity contribution is 0.0951. The highest BCUT2D eigenvalue weighted by atomic mass is 19.1. The molecule has 0 radical (unpaired) electrons. The number of nitrogens with zero attached hydrogens (tertiary/aromatic N) is 3. The first-order chi connectivity index (χ1) is 16.3. The number of carbonyl (C=O) groups is 1. The van der Waals surface area contributed by atoms with Crippen LogP contribution in [-0.4, -0.2) is 33.4 Å². The number of fused-ring (bicyclic) bond motifs is 1. The van der Waals surface area contributed by atoms with Gasteiger partial charge in [0.1, 0.15) is 22.9 Å². The smallest absolute Gasteiger partial charge is 0.256 e. The minimum absolute atomic E-state index is 0.191. The second kappa shape index (κ2) is 8.98. The van der Waals surface area contributed by atoms with Gasteiger partial charge in [0, 0.05) is 24.5 Å². The summed E-state index contributed by atoms with van der Waals surface area (Å²) in [6.45, 7) is 4.71. The molecule has 176 valence electrons. The Kier molecular flexibility index (Phi) is 5.87. The van der Waals surface area contributed by atoms with Crippen LogP contribution in [0.25, 0.3) is 0 Å². The normalized spacial score (nSPS) is 15.4. The van der Waals surface area contributed by atoms with Gasteiger partial charge >= 0.3 is 0 Å². The summed E-state index contributed by atoms with van der Waals surface area (Å²) in [4.78, 5) is 26.1. The van der Waals surface area contributed by atoms with Gasteiger partial charge in [-0.25, -0.2) is 14.4 Å². The summed E-state index contributed by atoms with van der Waals surface area (Å²) in [5, 5.41) is 12.7. The molecule has 1 saturated carbocycles. The van der Waals surface area contributed by atoms with Crippen LogP contribution >= 0.6 is 0 Å². The first kappa shape index (κ1) is 22.2. The number of carbonyl (C=O) groups excluding carboxylic acids is 1. The number of rotatable bonds is 7. The largest absolute Gasteiger partial charge is 0.349 e. The first-order valence-corrected chi connectivity index (χ1v) is 11.6. The van der Waals surface area contributed by atoms with Crippen LogP contribution in [0.15, 0.2) is 42.6 Å². The lowest BCUT2D eigenvalue weighted by atomic mass is 10.0. The van der Waals surface area contributed by atoms with Crippen LogP contribution in [0.1, 0.15) is 53.9 Å². The van der Waals surface area contributed by atoms with Gasteiger partial charge in [0.2, 0.25) is 5.95 Å². The second-order valence-electron chi connectivity index (χ2n) is 9.24. The Balaban J connectivity index is 1.44. The number of aromatic nitrogens is 3. The number of pyridine rings is 1. The Morgan fingerprint density at radius 3 is 2.76 bits per heavy atom. The number of amides is 1.